The Morgan fingerprint density at radius 1 is 1.33 bits per heavy atom. The molecule has 0 spiro atoms. The normalized spacial score (nSPS) is 11.1. The summed E-state index contributed by atoms with van der Waals surface area (Å²) < 4.78 is 10.9. The maximum Gasteiger partial charge on any atom is 0.414 e. The Morgan fingerprint density at radius 2 is 2.00 bits per heavy atom. The Bertz CT molecular complexity index is 483. The van der Waals surface area contributed by atoms with Gasteiger partial charge in [-0.05, 0) is 39.3 Å². The van der Waals surface area contributed by atoms with Crippen molar-refractivity contribution >= 4 is 23.4 Å². The Balaban J connectivity index is 2.77. The van der Waals surface area contributed by atoms with Gasteiger partial charge in [0, 0.05) is 13.1 Å². The van der Waals surface area contributed by atoms with Crippen molar-refractivity contribution in [2.75, 3.05) is 18.6 Å². The molecule has 0 saturated heterocycles. The predicted molar refractivity (Wildman–Crippen MR) is 86.5 cm³/mol. The summed E-state index contributed by atoms with van der Waals surface area (Å²) in [6.45, 7) is 8.24. The second-order valence-corrected chi connectivity index (χ2v) is 6.26. The maximum atomic E-state index is 12.0. The van der Waals surface area contributed by atoms with Crippen LogP contribution in [0.25, 0.3) is 0 Å². The fourth-order valence-corrected chi connectivity index (χ4v) is 1.91. The molecule has 0 unspecified atom stereocenters. The van der Waals surface area contributed by atoms with Crippen LogP contribution in [0.2, 0.25) is 5.02 Å². The maximum absolute atomic E-state index is 12.0. The third-order valence-electron chi connectivity index (χ3n) is 2.71. The Morgan fingerprint density at radius 3 is 2.52 bits per heavy atom. The molecular formula is C16H24ClNO3. The van der Waals surface area contributed by atoms with Gasteiger partial charge in [0.05, 0.1) is 17.3 Å². The van der Waals surface area contributed by atoms with Gasteiger partial charge in [0.25, 0.3) is 0 Å². The van der Waals surface area contributed by atoms with Crippen LogP contribution in [0.4, 0.5) is 10.5 Å². The standard InChI is InChI=1S/C16H24ClNO3/c1-6-7-10-20-12-8-9-14(13(17)11-12)18(5)15(19)21-16(2,3)4/h8-9,11H,6-7,10H2,1-5H3. The van der Waals surface area contributed by atoms with E-state index in [-0.39, 0.29) is 0 Å². The summed E-state index contributed by atoms with van der Waals surface area (Å²) >= 11 is 6.22. The highest BCUT2D eigenvalue weighted by Gasteiger charge is 2.22. The van der Waals surface area contributed by atoms with Crippen molar-refractivity contribution in [1.29, 1.82) is 0 Å². The van der Waals surface area contributed by atoms with E-state index in [9.17, 15) is 4.79 Å². The average molecular weight is 314 g/mol. The Hall–Kier alpha value is -1.42. The van der Waals surface area contributed by atoms with E-state index in [0.717, 1.165) is 12.8 Å². The van der Waals surface area contributed by atoms with Crippen molar-refractivity contribution in [2.45, 2.75) is 46.1 Å². The monoisotopic (exact) mass is 313 g/mol. The first kappa shape index (κ1) is 17.6. The Labute approximate surface area is 132 Å². The number of rotatable bonds is 5. The quantitative estimate of drug-likeness (QED) is 0.726. The summed E-state index contributed by atoms with van der Waals surface area (Å²) in [4.78, 5) is 13.4. The van der Waals surface area contributed by atoms with E-state index in [1.807, 2.05) is 20.8 Å². The number of hydrogen-bond acceptors (Lipinski definition) is 3. The van der Waals surface area contributed by atoms with Crippen LogP contribution in [-0.2, 0) is 4.74 Å². The SMILES string of the molecule is CCCCOc1ccc(N(C)C(=O)OC(C)(C)C)c(Cl)c1. The molecule has 5 heteroatoms. The highest BCUT2D eigenvalue weighted by molar-refractivity contribution is 6.33. The molecule has 0 fully saturated rings. The molecule has 0 bridgehead atoms. The number of unbranched alkanes of at least 4 members (excludes halogenated alkanes) is 1. The van der Waals surface area contributed by atoms with E-state index >= 15 is 0 Å². The van der Waals surface area contributed by atoms with Gasteiger partial charge in [0.2, 0.25) is 0 Å². The molecule has 0 N–H and O–H groups in total. The number of anilines is 1. The van der Waals surface area contributed by atoms with Crippen LogP contribution in [0, 0.1) is 0 Å². The van der Waals surface area contributed by atoms with Gasteiger partial charge in [0.15, 0.2) is 0 Å². The zero-order chi connectivity index (χ0) is 16.0. The van der Waals surface area contributed by atoms with Crippen LogP contribution in [-0.4, -0.2) is 25.3 Å². The largest absolute Gasteiger partial charge is 0.494 e. The molecular weight excluding hydrogens is 290 g/mol. The highest BCUT2D eigenvalue weighted by Crippen LogP contribution is 2.30. The summed E-state index contributed by atoms with van der Waals surface area (Å²) in [6, 6.07) is 5.28. The molecule has 1 amide bonds. The summed E-state index contributed by atoms with van der Waals surface area (Å²) in [5.74, 6) is 0.704. The fourth-order valence-electron chi connectivity index (χ4n) is 1.61. The molecule has 0 heterocycles. The lowest BCUT2D eigenvalue weighted by atomic mass is 10.2. The topological polar surface area (TPSA) is 38.8 Å². The number of carbonyl (C=O) groups excluding carboxylic acids is 1. The fraction of sp³-hybridized carbons (Fsp3) is 0.562. The van der Waals surface area contributed by atoms with E-state index < -0.39 is 11.7 Å². The minimum absolute atomic E-state index is 0.441. The lowest BCUT2D eigenvalue weighted by molar-refractivity contribution is 0.0589. The number of carbonyl (C=O) groups is 1. The van der Waals surface area contributed by atoms with Crippen molar-refractivity contribution in [3.8, 4) is 5.75 Å². The predicted octanol–water partition coefficient (Wildman–Crippen LogP) is 4.89. The number of amides is 1. The van der Waals surface area contributed by atoms with Crippen LogP contribution >= 0.6 is 11.6 Å². The van der Waals surface area contributed by atoms with Gasteiger partial charge in [0.1, 0.15) is 11.4 Å². The molecule has 0 radical (unpaired) electrons. The second-order valence-electron chi connectivity index (χ2n) is 5.85. The number of benzene rings is 1. The van der Waals surface area contributed by atoms with Crippen molar-refractivity contribution < 1.29 is 14.3 Å². The second kappa shape index (κ2) is 7.55. The number of ether oxygens (including phenoxy) is 2. The van der Waals surface area contributed by atoms with Crippen LogP contribution in [0.5, 0.6) is 5.75 Å². The molecule has 0 aromatic heterocycles. The summed E-state index contributed by atoms with van der Waals surface area (Å²) in [5.41, 5.74) is 0.0508. The third kappa shape index (κ3) is 5.84. The average Bonchev–Trinajstić information content (AvgIpc) is 2.36. The van der Waals surface area contributed by atoms with Crippen molar-refractivity contribution in [1.82, 2.24) is 0 Å². The van der Waals surface area contributed by atoms with Gasteiger partial charge < -0.3 is 9.47 Å². The van der Waals surface area contributed by atoms with Gasteiger partial charge in [-0.15, -0.1) is 0 Å². The van der Waals surface area contributed by atoms with Gasteiger partial charge in [-0.1, -0.05) is 24.9 Å². The van der Waals surface area contributed by atoms with Gasteiger partial charge in [-0.3, -0.25) is 4.90 Å². The summed E-state index contributed by atoms with van der Waals surface area (Å²) in [7, 11) is 1.63. The van der Waals surface area contributed by atoms with Crippen molar-refractivity contribution in [2.24, 2.45) is 0 Å². The van der Waals surface area contributed by atoms with Gasteiger partial charge in [-0.2, -0.15) is 0 Å². The first-order chi connectivity index (χ1) is 9.74. The zero-order valence-electron chi connectivity index (χ0n) is 13.4. The Kier molecular flexibility index (Phi) is 6.34. The third-order valence-corrected chi connectivity index (χ3v) is 3.02. The first-order valence-corrected chi connectivity index (χ1v) is 7.51. The molecule has 1 rings (SSSR count). The molecule has 118 valence electrons. The summed E-state index contributed by atoms with van der Waals surface area (Å²) in [5, 5.41) is 0.456. The molecule has 0 saturated carbocycles. The van der Waals surface area contributed by atoms with Crippen molar-refractivity contribution in [3.63, 3.8) is 0 Å². The lowest BCUT2D eigenvalue weighted by Crippen LogP contribution is -2.34. The number of halogens is 1. The van der Waals surface area contributed by atoms with E-state index in [2.05, 4.69) is 6.92 Å². The van der Waals surface area contributed by atoms with Gasteiger partial charge >= 0.3 is 6.09 Å². The molecule has 0 aliphatic heterocycles. The zero-order valence-corrected chi connectivity index (χ0v) is 14.2. The van der Waals surface area contributed by atoms with Crippen LogP contribution in [0.1, 0.15) is 40.5 Å². The lowest BCUT2D eigenvalue weighted by Gasteiger charge is -2.25. The summed E-state index contributed by atoms with van der Waals surface area (Å²) in [6.07, 6.45) is 1.63. The van der Waals surface area contributed by atoms with Gasteiger partial charge in [-0.25, -0.2) is 4.79 Å². The van der Waals surface area contributed by atoms with Crippen LogP contribution in [0.15, 0.2) is 18.2 Å². The minimum atomic E-state index is -0.541. The smallest absolute Gasteiger partial charge is 0.414 e. The number of hydrogen-bond donors (Lipinski definition) is 0. The van der Waals surface area contributed by atoms with Crippen LogP contribution in [0.3, 0.4) is 0 Å². The van der Waals surface area contributed by atoms with Crippen LogP contribution < -0.4 is 9.64 Å². The molecule has 1 aromatic rings. The molecule has 1 aromatic carbocycles. The van der Waals surface area contributed by atoms with Crippen molar-refractivity contribution in [3.05, 3.63) is 23.2 Å². The van der Waals surface area contributed by atoms with E-state index in [1.54, 1.807) is 25.2 Å². The first-order valence-electron chi connectivity index (χ1n) is 7.13. The highest BCUT2D eigenvalue weighted by atomic mass is 35.5. The molecule has 0 aliphatic carbocycles. The molecule has 0 aliphatic rings. The van der Waals surface area contributed by atoms with E-state index in [1.165, 1.54) is 4.90 Å². The molecule has 21 heavy (non-hydrogen) atoms. The minimum Gasteiger partial charge on any atom is -0.494 e. The van der Waals surface area contributed by atoms with E-state index in [0.29, 0.717) is 23.1 Å². The molecule has 4 nitrogen and oxygen atoms in total. The van der Waals surface area contributed by atoms with E-state index in [4.69, 9.17) is 21.1 Å². The molecule has 0 atom stereocenters. The number of nitrogens with zero attached hydrogens (tertiary/aromatic N) is 1.